The Kier molecular flexibility index (Phi) is 6.83. The molecule has 1 heterocycles. The predicted octanol–water partition coefficient (Wildman–Crippen LogP) is 4.33. The van der Waals surface area contributed by atoms with Crippen LogP contribution in [0.1, 0.15) is 84.0 Å². The van der Waals surface area contributed by atoms with Gasteiger partial charge in [-0.15, -0.1) is 0 Å². The molecule has 0 amide bonds. The molecular weight excluding hydrogens is 244 g/mol. The first-order valence-corrected chi connectivity index (χ1v) is 9.26. The first kappa shape index (κ1) is 16.3. The monoisotopic (exact) mass is 280 g/mol. The van der Waals surface area contributed by atoms with Crippen molar-refractivity contribution in [1.82, 2.24) is 4.90 Å². The fraction of sp³-hybridized carbons (Fsp3) is 1.00. The second-order valence-corrected chi connectivity index (χ2v) is 7.27. The van der Waals surface area contributed by atoms with Crippen LogP contribution in [0.5, 0.6) is 0 Å². The Hall–Kier alpha value is -0.0800. The maximum Gasteiger partial charge on any atom is 0.0331 e. The van der Waals surface area contributed by atoms with Crippen molar-refractivity contribution in [3.63, 3.8) is 0 Å². The molecule has 2 heteroatoms. The molecule has 0 aromatic heterocycles. The summed E-state index contributed by atoms with van der Waals surface area (Å²) in [7, 11) is 0. The largest absolute Gasteiger partial charge is 0.329 e. The van der Waals surface area contributed by atoms with Crippen molar-refractivity contribution in [2.24, 2.45) is 11.7 Å². The summed E-state index contributed by atoms with van der Waals surface area (Å²) in [5.41, 5.74) is 6.64. The number of hydrogen-bond acceptors (Lipinski definition) is 2. The molecule has 1 atom stereocenters. The molecule has 118 valence electrons. The average molecular weight is 280 g/mol. The van der Waals surface area contributed by atoms with E-state index in [0.717, 1.165) is 12.5 Å². The van der Waals surface area contributed by atoms with Gasteiger partial charge in [0.1, 0.15) is 0 Å². The molecule has 2 rings (SSSR count). The molecule has 1 unspecified atom stereocenters. The highest BCUT2D eigenvalue weighted by Gasteiger charge is 2.35. The third-order valence-corrected chi connectivity index (χ3v) is 5.88. The van der Waals surface area contributed by atoms with Crippen molar-refractivity contribution in [2.45, 2.75) is 89.5 Å². The van der Waals surface area contributed by atoms with Crippen LogP contribution in [-0.4, -0.2) is 30.1 Å². The van der Waals surface area contributed by atoms with E-state index in [1.165, 1.54) is 90.1 Å². The number of nitrogens with two attached hydrogens (primary N) is 1. The van der Waals surface area contributed by atoms with Gasteiger partial charge in [-0.3, -0.25) is 4.90 Å². The smallest absolute Gasteiger partial charge is 0.0331 e. The Morgan fingerprint density at radius 2 is 1.65 bits per heavy atom. The van der Waals surface area contributed by atoms with E-state index < -0.39 is 0 Å². The molecule has 0 aromatic carbocycles. The van der Waals surface area contributed by atoms with Gasteiger partial charge in [-0.25, -0.2) is 0 Å². The third-order valence-electron chi connectivity index (χ3n) is 5.88. The van der Waals surface area contributed by atoms with Gasteiger partial charge in [0.05, 0.1) is 0 Å². The highest BCUT2D eigenvalue weighted by molar-refractivity contribution is 4.93. The topological polar surface area (TPSA) is 29.3 Å². The minimum absolute atomic E-state index is 0.349. The second-order valence-electron chi connectivity index (χ2n) is 7.27. The zero-order valence-electron chi connectivity index (χ0n) is 13.7. The molecule has 2 fully saturated rings. The molecule has 2 aliphatic rings. The first-order chi connectivity index (χ1) is 9.80. The van der Waals surface area contributed by atoms with E-state index in [9.17, 15) is 0 Å². The molecule has 0 aromatic rings. The van der Waals surface area contributed by atoms with Crippen LogP contribution in [-0.2, 0) is 0 Å². The molecule has 1 aliphatic heterocycles. The summed E-state index contributed by atoms with van der Waals surface area (Å²) in [4.78, 5) is 2.81. The standard InChI is InChI=1S/C18H36N2/c1-2-9-17-10-8-14-20(15-11-17)18(16-19)12-6-4-3-5-7-13-18/h17H,2-16,19H2,1H3. The second kappa shape index (κ2) is 8.38. The zero-order chi connectivity index (χ0) is 14.3. The van der Waals surface area contributed by atoms with Gasteiger partial charge in [0.15, 0.2) is 0 Å². The third kappa shape index (κ3) is 4.21. The van der Waals surface area contributed by atoms with Crippen molar-refractivity contribution < 1.29 is 0 Å². The highest BCUT2D eigenvalue weighted by Crippen LogP contribution is 2.34. The van der Waals surface area contributed by atoms with Crippen molar-refractivity contribution >= 4 is 0 Å². The molecule has 2 N–H and O–H groups in total. The SMILES string of the molecule is CCCC1CCCN(C2(CN)CCCCCCC2)CC1. The van der Waals surface area contributed by atoms with Crippen LogP contribution >= 0.6 is 0 Å². The summed E-state index contributed by atoms with van der Waals surface area (Å²) in [5.74, 6) is 0.980. The fourth-order valence-electron chi connectivity index (χ4n) is 4.55. The summed E-state index contributed by atoms with van der Waals surface area (Å²) in [6, 6.07) is 0. The Bertz CT molecular complexity index is 256. The molecule has 0 bridgehead atoms. The van der Waals surface area contributed by atoms with Crippen LogP contribution in [0.4, 0.5) is 0 Å². The van der Waals surface area contributed by atoms with Crippen LogP contribution in [0.25, 0.3) is 0 Å². The number of rotatable bonds is 4. The van der Waals surface area contributed by atoms with Gasteiger partial charge in [0, 0.05) is 12.1 Å². The van der Waals surface area contributed by atoms with Crippen LogP contribution < -0.4 is 5.73 Å². The van der Waals surface area contributed by atoms with Gasteiger partial charge in [0.25, 0.3) is 0 Å². The lowest BCUT2D eigenvalue weighted by Gasteiger charge is -2.44. The Morgan fingerprint density at radius 1 is 0.950 bits per heavy atom. The van der Waals surface area contributed by atoms with Crippen LogP contribution in [0.3, 0.4) is 0 Å². The van der Waals surface area contributed by atoms with Crippen molar-refractivity contribution in [3.05, 3.63) is 0 Å². The molecule has 1 saturated heterocycles. The summed E-state index contributed by atoms with van der Waals surface area (Å²) in [6.07, 6.45) is 16.8. The summed E-state index contributed by atoms with van der Waals surface area (Å²) >= 11 is 0. The van der Waals surface area contributed by atoms with Gasteiger partial charge < -0.3 is 5.73 Å². The van der Waals surface area contributed by atoms with E-state index >= 15 is 0 Å². The molecule has 0 spiro atoms. The maximum atomic E-state index is 6.29. The van der Waals surface area contributed by atoms with Crippen LogP contribution in [0.2, 0.25) is 0 Å². The lowest BCUT2D eigenvalue weighted by Crippen LogP contribution is -2.54. The normalized spacial score (nSPS) is 29.4. The Balaban J connectivity index is 1.98. The minimum Gasteiger partial charge on any atom is -0.329 e. The number of likely N-dealkylation sites (tertiary alicyclic amines) is 1. The average Bonchev–Trinajstić information content (AvgIpc) is 2.66. The number of nitrogens with zero attached hydrogens (tertiary/aromatic N) is 1. The summed E-state index contributed by atoms with van der Waals surface area (Å²) in [5, 5.41) is 0. The van der Waals surface area contributed by atoms with Gasteiger partial charge in [-0.05, 0) is 51.1 Å². The highest BCUT2D eigenvalue weighted by atomic mass is 15.2. The van der Waals surface area contributed by atoms with Gasteiger partial charge >= 0.3 is 0 Å². The van der Waals surface area contributed by atoms with Gasteiger partial charge in [0.2, 0.25) is 0 Å². The fourth-order valence-corrected chi connectivity index (χ4v) is 4.55. The Labute approximate surface area is 126 Å². The first-order valence-electron chi connectivity index (χ1n) is 9.26. The van der Waals surface area contributed by atoms with E-state index in [2.05, 4.69) is 11.8 Å². The molecule has 1 saturated carbocycles. The van der Waals surface area contributed by atoms with Crippen molar-refractivity contribution in [1.29, 1.82) is 0 Å². The predicted molar refractivity (Wildman–Crippen MR) is 87.9 cm³/mol. The van der Waals surface area contributed by atoms with Crippen LogP contribution in [0, 0.1) is 5.92 Å². The molecule has 20 heavy (non-hydrogen) atoms. The molecule has 0 radical (unpaired) electrons. The molecule has 1 aliphatic carbocycles. The van der Waals surface area contributed by atoms with Crippen molar-refractivity contribution in [3.8, 4) is 0 Å². The van der Waals surface area contributed by atoms with E-state index in [1.807, 2.05) is 0 Å². The molecule has 2 nitrogen and oxygen atoms in total. The quantitative estimate of drug-likeness (QED) is 0.830. The van der Waals surface area contributed by atoms with Gasteiger partial charge in [-0.2, -0.15) is 0 Å². The summed E-state index contributed by atoms with van der Waals surface area (Å²) in [6.45, 7) is 5.82. The van der Waals surface area contributed by atoms with Gasteiger partial charge in [-0.1, -0.05) is 51.9 Å². The van der Waals surface area contributed by atoms with Crippen LogP contribution in [0.15, 0.2) is 0 Å². The zero-order valence-corrected chi connectivity index (χ0v) is 13.7. The van der Waals surface area contributed by atoms with E-state index in [0.29, 0.717) is 5.54 Å². The number of hydrogen-bond donors (Lipinski definition) is 1. The molecular formula is C18H36N2. The maximum absolute atomic E-state index is 6.29. The van der Waals surface area contributed by atoms with E-state index in [4.69, 9.17) is 5.73 Å². The lowest BCUT2D eigenvalue weighted by molar-refractivity contribution is 0.0689. The van der Waals surface area contributed by atoms with Crippen molar-refractivity contribution in [2.75, 3.05) is 19.6 Å². The lowest BCUT2D eigenvalue weighted by atomic mass is 9.82. The summed E-state index contributed by atoms with van der Waals surface area (Å²) < 4.78 is 0. The Morgan fingerprint density at radius 3 is 2.30 bits per heavy atom. The minimum atomic E-state index is 0.349. The van der Waals surface area contributed by atoms with E-state index in [-0.39, 0.29) is 0 Å². The van der Waals surface area contributed by atoms with E-state index in [1.54, 1.807) is 0 Å².